The van der Waals surface area contributed by atoms with Crippen molar-refractivity contribution in [3.8, 4) is 0 Å². The second kappa shape index (κ2) is 7.90. The van der Waals surface area contributed by atoms with E-state index in [-0.39, 0.29) is 6.10 Å². The number of hydrogen-bond donors (Lipinski definition) is 1. The molecule has 4 aliphatic carbocycles. The van der Waals surface area contributed by atoms with Crippen molar-refractivity contribution in [2.75, 3.05) is 0 Å². The summed E-state index contributed by atoms with van der Waals surface area (Å²) in [5, 5.41) is 10.3. The Labute approximate surface area is 175 Å². The van der Waals surface area contributed by atoms with Gasteiger partial charge in [0.25, 0.3) is 0 Å². The quantitative estimate of drug-likeness (QED) is 0.518. The Kier molecular flexibility index (Phi) is 5.98. The Morgan fingerprint density at radius 1 is 0.821 bits per heavy atom. The van der Waals surface area contributed by atoms with Crippen LogP contribution in [0.5, 0.6) is 0 Å². The fraction of sp³-hybridized carbons (Fsp3) is 1.00. The molecule has 0 heterocycles. The van der Waals surface area contributed by atoms with Gasteiger partial charge in [0.15, 0.2) is 0 Å². The molecular formula is C27H48O. The van der Waals surface area contributed by atoms with Gasteiger partial charge >= 0.3 is 0 Å². The molecule has 0 radical (unpaired) electrons. The summed E-state index contributed by atoms with van der Waals surface area (Å²) in [4.78, 5) is 0. The molecule has 0 saturated heterocycles. The second-order valence-corrected chi connectivity index (χ2v) is 12.6. The third-order valence-corrected chi connectivity index (χ3v) is 10.8. The molecule has 1 heteroatoms. The van der Waals surface area contributed by atoms with Crippen molar-refractivity contribution in [1.82, 2.24) is 0 Å². The number of rotatable bonds is 5. The van der Waals surface area contributed by atoms with Crippen molar-refractivity contribution in [3.05, 3.63) is 0 Å². The Morgan fingerprint density at radius 3 is 2.29 bits per heavy atom. The molecule has 0 aromatic heterocycles. The predicted molar refractivity (Wildman–Crippen MR) is 119 cm³/mol. The van der Waals surface area contributed by atoms with Crippen LogP contribution in [0.2, 0.25) is 0 Å². The van der Waals surface area contributed by atoms with E-state index in [1.165, 1.54) is 64.2 Å². The zero-order valence-corrected chi connectivity index (χ0v) is 19.6. The Bertz CT molecular complexity index is 540. The summed E-state index contributed by atoms with van der Waals surface area (Å²) in [5.74, 6) is 6.49. The lowest BCUT2D eigenvalue weighted by Crippen LogP contribution is -2.54. The highest BCUT2D eigenvalue weighted by molar-refractivity contribution is 5.09. The van der Waals surface area contributed by atoms with E-state index in [9.17, 15) is 5.11 Å². The van der Waals surface area contributed by atoms with E-state index >= 15 is 0 Å². The molecule has 1 nitrogen and oxygen atoms in total. The van der Waals surface area contributed by atoms with Crippen LogP contribution in [0.1, 0.15) is 112 Å². The number of hydrogen-bond acceptors (Lipinski definition) is 1. The average molecular weight is 389 g/mol. The molecular weight excluding hydrogens is 340 g/mol. The minimum absolute atomic E-state index is 0.00830. The summed E-state index contributed by atoms with van der Waals surface area (Å²) in [7, 11) is 0. The zero-order chi connectivity index (χ0) is 20.1. The number of aliphatic hydroxyl groups is 1. The largest absolute Gasteiger partial charge is 0.393 e. The third-order valence-electron chi connectivity index (χ3n) is 10.8. The first-order valence-electron chi connectivity index (χ1n) is 12.9. The third kappa shape index (κ3) is 3.50. The molecule has 9 atom stereocenters. The van der Waals surface area contributed by atoms with Crippen LogP contribution in [0, 0.1) is 52.3 Å². The molecule has 0 aromatic rings. The fourth-order valence-electron chi connectivity index (χ4n) is 9.26. The van der Waals surface area contributed by atoms with Crippen LogP contribution in [0.25, 0.3) is 0 Å². The Balaban J connectivity index is 1.46. The predicted octanol–water partition coefficient (Wildman–Crippen LogP) is 7.47. The molecule has 1 N–H and O–H groups in total. The summed E-state index contributed by atoms with van der Waals surface area (Å²) in [5.41, 5.74) is 1.15. The molecule has 162 valence electrons. The summed E-state index contributed by atoms with van der Waals surface area (Å²) in [6, 6.07) is 0. The zero-order valence-electron chi connectivity index (χ0n) is 19.6. The molecule has 1 unspecified atom stereocenters. The first-order valence-corrected chi connectivity index (χ1v) is 12.9. The van der Waals surface area contributed by atoms with Crippen molar-refractivity contribution in [1.29, 1.82) is 0 Å². The van der Waals surface area contributed by atoms with Gasteiger partial charge in [-0.15, -0.1) is 0 Å². The van der Waals surface area contributed by atoms with E-state index in [2.05, 4.69) is 34.6 Å². The first-order chi connectivity index (χ1) is 13.3. The summed E-state index contributed by atoms with van der Waals surface area (Å²) in [6.45, 7) is 12.7. The average Bonchev–Trinajstić information content (AvgIpc) is 2.99. The Hall–Kier alpha value is -0.0400. The summed E-state index contributed by atoms with van der Waals surface area (Å²) in [6.07, 6.45) is 16.6. The van der Waals surface area contributed by atoms with Crippen LogP contribution in [0.15, 0.2) is 0 Å². The highest BCUT2D eigenvalue weighted by Crippen LogP contribution is 2.68. The maximum atomic E-state index is 10.3. The van der Waals surface area contributed by atoms with Crippen molar-refractivity contribution < 1.29 is 5.11 Å². The first kappa shape index (κ1) is 21.2. The molecule has 0 amide bonds. The maximum Gasteiger partial charge on any atom is 0.0543 e. The van der Waals surface area contributed by atoms with Crippen LogP contribution >= 0.6 is 0 Å². The van der Waals surface area contributed by atoms with E-state index < -0.39 is 0 Å². The van der Waals surface area contributed by atoms with Gasteiger partial charge in [0.05, 0.1) is 6.10 Å². The summed E-state index contributed by atoms with van der Waals surface area (Å²) >= 11 is 0. The maximum absolute atomic E-state index is 10.3. The lowest BCUT2D eigenvalue weighted by atomic mass is 9.44. The van der Waals surface area contributed by atoms with Crippen LogP contribution in [0.3, 0.4) is 0 Å². The molecule has 4 fully saturated rings. The monoisotopic (exact) mass is 388 g/mol. The van der Waals surface area contributed by atoms with E-state index in [1.54, 1.807) is 0 Å². The van der Waals surface area contributed by atoms with Crippen LogP contribution in [0.4, 0.5) is 0 Å². The van der Waals surface area contributed by atoms with E-state index in [0.717, 1.165) is 54.3 Å². The number of aliphatic hydroxyl groups excluding tert-OH is 1. The van der Waals surface area contributed by atoms with E-state index in [1.807, 2.05) is 0 Å². The van der Waals surface area contributed by atoms with Gasteiger partial charge in [0, 0.05) is 0 Å². The van der Waals surface area contributed by atoms with Gasteiger partial charge in [-0.3, -0.25) is 0 Å². The Morgan fingerprint density at radius 2 is 1.54 bits per heavy atom. The smallest absolute Gasteiger partial charge is 0.0543 e. The lowest BCUT2D eigenvalue weighted by Gasteiger charge is -2.61. The van der Waals surface area contributed by atoms with E-state index in [4.69, 9.17) is 0 Å². The molecule has 4 saturated carbocycles. The SMILES string of the molecule is CC(C)CCC[C@@H](C)[C@H]1CC[C@H]2[C@@H]3CC[C@@H]4CC(O)CC[C@]4(C)[C@H]3CC[C@]12C. The molecule has 0 aliphatic heterocycles. The minimum atomic E-state index is -0.00830. The lowest BCUT2D eigenvalue weighted by molar-refractivity contribution is -0.129. The summed E-state index contributed by atoms with van der Waals surface area (Å²) < 4.78 is 0. The van der Waals surface area contributed by atoms with Gasteiger partial charge in [0.1, 0.15) is 0 Å². The molecule has 4 rings (SSSR count). The number of fused-ring (bicyclic) bond motifs is 5. The topological polar surface area (TPSA) is 20.2 Å². The molecule has 4 aliphatic rings. The van der Waals surface area contributed by atoms with Crippen molar-refractivity contribution in [2.24, 2.45) is 52.3 Å². The highest BCUT2D eigenvalue weighted by atomic mass is 16.3. The van der Waals surface area contributed by atoms with Crippen LogP contribution < -0.4 is 0 Å². The van der Waals surface area contributed by atoms with Crippen molar-refractivity contribution >= 4 is 0 Å². The van der Waals surface area contributed by atoms with Gasteiger partial charge in [0.2, 0.25) is 0 Å². The van der Waals surface area contributed by atoms with Crippen LogP contribution in [-0.2, 0) is 0 Å². The highest BCUT2D eigenvalue weighted by Gasteiger charge is 2.60. The standard InChI is InChI=1S/C27H48O/c1-18(2)7-6-8-19(3)23-11-12-24-22-10-9-20-17-21(28)13-15-26(20,4)25(22)14-16-27(23,24)5/h18-25,28H,6-17H2,1-5H3/t19-,20-,21?,22+,23-,24+,25+,26+,27-/m1/s1. The van der Waals surface area contributed by atoms with Crippen molar-refractivity contribution in [2.45, 2.75) is 118 Å². The van der Waals surface area contributed by atoms with Gasteiger partial charge in [-0.05, 0) is 110 Å². The van der Waals surface area contributed by atoms with Gasteiger partial charge in [-0.2, -0.15) is 0 Å². The van der Waals surface area contributed by atoms with Gasteiger partial charge < -0.3 is 5.11 Å². The molecule has 0 bridgehead atoms. The van der Waals surface area contributed by atoms with Gasteiger partial charge in [-0.1, -0.05) is 53.9 Å². The molecule has 28 heavy (non-hydrogen) atoms. The molecule has 0 aromatic carbocycles. The second-order valence-electron chi connectivity index (χ2n) is 12.6. The van der Waals surface area contributed by atoms with Gasteiger partial charge in [-0.25, -0.2) is 0 Å². The van der Waals surface area contributed by atoms with E-state index in [0.29, 0.717) is 10.8 Å². The minimum Gasteiger partial charge on any atom is -0.393 e. The fourth-order valence-corrected chi connectivity index (χ4v) is 9.26. The molecule has 0 spiro atoms. The normalized spacial score (nSPS) is 49.4. The van der Waals surface area contributed by atoms with Crippen LogP contribution in [-0.4, -0.2) is 11.2 Å². The van der Waals surface area contributed by atoms with Crippen molar-refractivity contribution in [3.63, 3.8) is 0 Å².